The number of benzene rings is 2. The highest BCUT2D eigenvalue weighted by atomic mass is 16.7. The van der Waals surface area contributed by atoms with E-state index in [0.29, 0.717) is 29.6 Å². The lowest BCUT2D eigenvalue weighted by molar-refractivity contribution is 0.169. The topological polar surface area (TPSA) is 98.2 Å². The van der Waals surface area contributed by atoms with Crippen LogP contribution in [-0.2, 0) is 13.0 Å². The fraction of sp³-hybridized carbons (Fsp3) is 0.429. The number of hydrogen-bond acceptors (Lipinski definition) is 7. The Labute approximate surface area is 215 Å². The molecule has 3 heterocycles. The number of nitrogens with zero attached hydrogens (tertiary/aromatic N) is 5. The molecule has 37 heavy (non-hydrogen) atoms. The molecule has 6 rings (SSSR count). The molecule has 1 atom stereocenters. The SMILES string of the molecule is CC[C@H](c1nnnn1C1CCCC1)N(CCc1ccccc1)Cc1cc2cc3c(cc2[nH]c1=O)OCO3. The van der Waals surface area contributed by atoms with E-state index in [2.05, 4.69) is 56.6 Å². The summed E-state index contributed by atoms with van der Waals surface area (Å²) in [5.74, 6) is 2.25. The highest BCUT2D eigenvalue weighted by Gasteiger charge is 2.29. The van der Waals surface area contributed by atoms with Crippen LogP contribution in [0.1, 0.15) is 68.1 Å². The molecule has 0 bridgehead atoms. The fourth-order valence-electron chi connectivity index (χ4n) is 5.67. The summed E-state index contributed by atoms with van der Waals surface area (Å²) in [5, 5.41) is 13.9. The lowest BCUT2D eigenvalue weighted by Gasteiger charge is -2.31. The maximum absolute atomic E-state index is 13.2. The average Bonchev–Trinajstić information content (AvgIpc) is 3.69. The van der Waals surface area contributed by atoms with Gasteiger partial charge < -0.3 is 14.5 Å². The van der Waals surface area contributed by atoms with Crippen molar-refractivity contribution in [3.63, 3.8) is 0 Å². The van der Waals surface area contributed by atoms with E-state index >= 15 is 0 Å². The van der Waals surface area contributed by atoms with Crippen LogP contribution < -0.4 is 15.0 Å². The summed E-state index contributed by atoms with van der Waals surface area (Å²) in [7, 11) is 0. The molecule has 1 saturated carbocycles. The molecule has 0 saturated heterocycles. The molecular weight excluding hydrogens is 468 g/mol. The molecule has 0 spiro atoms. The summed E-state index contributed by atoms with van der Waals surface area (Å²) in [6.45, 7) is 3.63. The van der Waals surface area contributed by atoms with Crippen molar-refractivity contribution in [1.29, 1.82) is 0 Å². The summed E-state index contributed by atoms with van der Waals surface area (Å²) in [6.07, 6.45) is 6.35. The number of ether oxygens (including phenoxy) is 2. The quantitative estimate of drug-likeness (QED) is 0.360. The van der Waals surface area contributed by atoms with Crippen LogP contribution in [0.15, 0.2) is 53.3 Å². The van der Waals surface area contributed by atoms with Crippen LogP contribution in [0.2, 0.25) is 0 Å². The van der Waals surface area contributed by atoms with Gasteiger partial charge in [0.05, 0.1) is 17.6 Å². The van der Waals surface area contributed by atoms with E-state index in [9.17, 15) is 4.79 Å². The number of aromatic amines is 1. The number of rotatable bonds is 9. The van der Waals surface area contributed by atoms with Crippen molar-refractivity contribution >= 4 is 10.9 Å². The van der Waals surface area contributed by atoms with Gasteiger partial charge >= 0.3 is 0 Å². The van der Waals surface area contributed by atoms with Gasteiger partial charge in [-0.25, -0.2) is 4.68 Å². The van der Waals surface area contributed by atoms with Gasteiger partial charge in [-0.3, -0.25) is 9.69 Å². The lowest BCUT2D eigenvalue weighted by atomic mass is 10.1. The molecule has 9 heteroatoms. The molecule has 2 aliphatic rings. The third kappa shape index (κ3) is 4.83. The molecule has 1 aliphatic carbocycles. The third-order valence-corrected chi connectivity index (χ3v) is 7.63. The number of fused-ring (bicyclic) bond motifs is 2. The monoisotopic (exact) mass is 500 g/mol. The van der Waals surface area contributed by atoms with Gasteiger partial charge in [0.15, 0.2) is 17.3 Å². The second kappa shape index (κ2) is 10.3. The van der Waals surface area contributed by atoms with Crippen LogP contribution in [0.25, 0.3) is 10.9 Å². The second-order valence-electron chi connectivity index (χ2n) is 9.97. The van der Waals surface area contributed by atoms with Gasteiger partial charge in [0.25, 0.3) is 5.56 Å². The van der Waals surface area contributed by atoms with Crippen LogP contribution >= 0.6 is 0 Å². The van der Waals surface area contributed by atoms with Gasteiger partial charge in [-0.15, -0.1) is 5.10 Å². The zero-order chi connectivity index (χ0) is 25.2. The van der Waals surface area contributed by atoms with Gasteiger partial charge in [0.2, 0.25) is 6.79 Å². The minimum absolute atomic E-state index is 0.00818. The van der Waals surface area contributed by atoms with Crippen LogP contribution in [0.5, 0.6) is 11.5 Å². The standard InChI is InChI=1S/C28H32N6O3/c1-2-24(27-30-31-32-34(27)22-10-6-7-11-22)33(13-12-19-8-4-3-5-9-19)17-21-14-20-15-25-26(37-18-36-25)16-23(20)29-28(21)35/h3-5,8-9,14-16,22,24H,2,6-7,10-13,17-18H2,1H3,(H,29,35)/t24-/m1/s1. The van der Waals surface area contributed by atoms with Crippen LogP contribution in [0.4, 0.5) is 0 Å². The lowest BCUT2D eigenvalue weighted by Crippen LogP contribution is -2.34. The van der Waals surface area contributed by atoms with Gasteiger partial charge in [-0.05, 0) is 53.8 Å². The van der Waals surface area contributed by atoms with E-state index in [-0.39, 0.29) is 18.4 Å². The predicted molar refractivity (Wildman–Crippen MR) is 140 cm³/mol. The van der Waals surface area contributed by atoms with Crippen LogP contribution in [0, 0.1) is 0 Å². The Bertz CT molecular complexity index is 1430. The predicted octanol–water partition coefficient (Wildman–Crippen LogP) is 4.55. The first-order chi connectivity index (χ1) is 18.2. The van der Waals surface area contributed by atoms with Crippen molar-refractivity contribution in [2.45, 2.75) is 64.1 Å². The first-order valence-corrected chi connectivity index (χ1v) is 13.2. The van der Waals surface area contributed by atoms with Crippen LogP contribution in [0.3, 0.4) is 0 Å². The van der Waals surface area contributed by atoms with Gasteiger partial charge in [0.1, 0.15) is 0 Å². The zero-order valence-corrected chi connectivity index (χ0v) is 21.1. The Balaban J connectivity index is 1.34. The van der Waals surface area contributed by atoms with Crippen molar-refractivity contribution in [3.05, 3.63) is 75.8 Å². The Morgan fingerprint density at radius 2 is 1.89 bits per heavy atom. The van der Waals surface area contributed by atoms with E-state index < -0.39 is 0 Å². The Morgan fingerprint density at radius 3 is 2.68 bits per heavy atom. The number of H-pyrrole nitrogens is 1. The summed E-state index contributed by atoms with van der Waals surface area (Å²) < 4.78 is 13.1. The second-order valence-corrected chi connectivity index (χ2v) is 9.97. The number of pyridine rings is 1. The largest absolute Gasteiger partial charge is 0.454 e. The van der Waals surface area contributed by atoms with Gasteiger partial charge in [0, 0.05) is 30.1 Å². The molecular formula is C28H32N6O3. The van der Waals surface area contributed by atoms with E-state index in [1.165, 1.54) is 18.4 Å². The minimum Gasteiger partial charge on any atom is -0.454 e. The molecule has 2 aromatic carbocycles. The molecule has 0 radical (unpaired) electrons. The van der Waals surface area contributed by atoms with Crippen LogP contribution in [-0.4, -0.2) is 43.4 Å². The minimum atomic E-state index is -0.0960. The van der Waals surface area contributed by atoms with Crippen molar-refractivity contribution < 1.29 is 9.47 Å². The maximum atomic E-state index is 13.2. The van der Waals surface area contributed by atoms with E-state index in [1.807, 2.05) is 28.9 Å². The number of tetrazole rings is 1. The zero-order valence-electron chi connectivity index (χ0n) is 21.1. The molecule has 192 valence electrons. The molecule has 1 N–H and O–H groups in total. The fourth-order valence-corrected chi connectivity index (χ4v) is 5.67. The Kier molecular flexibility index (Phi) is 6.61. The summed E-state index contributed by atoms with van der Waals surface area (Å²) in [6, 6.07) is 16.5. The molecule has 1 fully saturated rings. The Morgan fingerprint density at radius 1 is 1.11 bits per heavy atom. The highest BCUT2D eigenvalue weighted by Crippen LogP contribution is 2.36. The molecule has 0 amide bonds. The molecule has 4 aromatic rings. The van der Waals surface area contributed by atoms with Crippen molar-refractivity contribution in [3.8, 4) is 11.5 Å². The average molecular weight is 501 g/mol. The van der Waals surface area contributed by atoms with Crippen molar-refractivity contribution in [2.24, 2.45) is 0 Å². The maximum Gasteiger partial charge on any atom is 0.252 e. The highest BCUT2D eigenvalue weighted by molar-refractivity contribution is 5.83. The van der Waals surface area contributed by atoms with Crippen molar-refractivity contribution in [1.82, 2.24) is 30.1 Å². The first kappa shape index (κ1) is 23.7. The van der Waals surface area contributed by atoms with Crippen molar-refractivity contribution in [2.75, 3.05) is 13.3 Å². The molecule has 0 unspecified atom stereocenters. The number of aromatic nitrogens is 5. The number of nitrogens with one attached hydrogen (secondary N) is 1. The van der Waals surface area contributed by atoms with E-state index in [4.69, 9.17) is 9.47 Å². The smallest absolute Gasteiger partial charge is 0.252 e. The third-order valence-electron chi connectivity index (χ3n) is 7.63. The molecule has 2 aromatic heterocycles. The summed E-state index contributed by atoms with van der Waals surface area (Å²) in [5.41, 5.74) is 2.61. The van der Waals surface area contributed by atoms with Gasteiger partial charge in [-0.2, -0.15) is 0 Å². The van der Waals surface area contributed by atoms with E-state index in [1.54, 1.807) is 0 Å². The summed E-state index contributed by atoms with van der Waals surface area (Å²) in [4.78, 5) is 18.6. The normalized spacial score (nSPS) is 16.2. The molecule has 9 nitrogen and oxygen atoms in total. The number of hydrogen-bond donors (Lipinski definition) is 1. The summed E-state index contributed by atoms with van der Waals surface area (Å²) >= 11 is 0. The Hall–Kier alpha value is -3.72. The van der Waals surface area contributed by atoms with E-state index in [0.717, 1.165) is 49.0 Å². The first-order valence-electron chi connectivity index (χ1n) is 13.2. The van der Waals surface area contributed by atoms with Gasteiger partial charge in [-0.1, -0.05) is 50.1 Å². The molecule has 1 aliphatic heterocycles.